The molecule has 2 N–H and O–H groups in total. The predicted molar refractivity (Wildman–Crippen MR) is 166 cm³/mol. The van der Waals surface area contributed by atoms with E-state index in [1.54, 1.807) is 12.1 Å². The number of para-hydroxylation sites is 1. The normalized spacial score (nSPS) is 11.2. The van der Waals surface area contributed by atoms with E-state index >= 15 is 0 Å². The Kier molecular flexibility index (Phi) is 11.5. The number of carbonyl (C=O) groups is 2. The zero-order valence-corrected chi connectivity index (χ0v) is 23.7. The molecule has 6 heteroatoms. The molecule has 0 spiro atoms. The topological polar surface area (TPSA) is 87.1 Å². The van der Waals surface area contributed by atoms with Gasteiger partial charge in [0.1, 0.15) is 12.4 Å². The molecule has 4 aromatic rings. The number of benzene rings is 4. The van der Waals surface area contributed by atoms with Crippen molar-refractivity contribution in [2.45, 2.75) is 38.8 Å². The van der Waals surface area contributed by atoms with Crippen molar-refractivity contribution in [1.29, 1.82) is 0 Å². The molecule has 0 aliphatic rings. The molecule has 4 aromatic carbocycles. The van der Waals surface area contributed by atoms with Gasteiger partial charge in [-0.15, -0.1) is 0 Å². The van der Waals surface area contributed by atoms with Crippen molar-refractivity contribution < 1.29 is 24.5 Å². The van der Waals surface area contributed by atoms with Gasteiger partial charge in [0.15, 0.2) is 0 Å². The van der Waals surface area contributed by atoms with Crippen LogP contribution in [0.3, 0.4) is 0 Å². The van der Waals surface area contributed by atoms with E-state index in [0.717, 1.165) is 59.5 Å². The fraction of sp³-hybridized carbons (Fsp3) is 0.222. The smallest absolute Gasteiger partial charge is 0.335 e. The lowest BCUT2D eigenvalue weighted by Gasteiger charge is -2.23. The lowest BCUT2D eigenvalue weighted by atomic mass is 10.1. The van der Waals surface area contributed by atoms with Gasteiger partial charge in [-0.3, -0.25) is 9.69 Å². The number of unbranched alkanes of at least 4 members (excludes halogenated alkanes) is 1. The van der Waals surface area contributed by atoms with E-state index in [1.807, 2.05) is 48.5 Å². The van der Waals surface area contributed by atoms with E-state index in [9.17, 15) is 14.7 Å². The van der Waals surface area contributed by atoms with E-state index < -0.39 is 11.9 Å². The summed E-state index contributed by atoms with van der Waals surface area (Å²) in [5.41, 5.74) is 5.77. The second-order valence-corrected chi connectivity index (χ2v) is 10.3. The number of carboxylic acids is 2. The van der Waals surface area contributed by atoms with Gasteiger partial charge in [-0.05, 0) is 71.8 Å². The van der Waals surface area contributed by atoms with Gasteiger partial charge in [-0.1, -0.05) is 97.1 Å². The molecular formula is C36H37NO5. The minimum Gasteiger partial charge on any atom is -0.489 e. The molecule has 0 saturated carbocycles. The van der Waals surface area contributed by atoms with Crippen molar-refractivity contribution in [2.24, 2.45) is 0 Å². The van der Waals surface area contributed by atoms with Crippen LogP contribution in [0, 0.1) is 0 Å². The Hall–Kier alpha value is -4.68. The van der Waals surface area contributed by atoms with Gasteiger partial charge >= 0.3 is 11.9 Å². The first-order valence-corrected chi connectivity index (χ1v) is 14.3. The number of hydrogen-bond donors (Lipinski definition) is 2. The SMILES string of the molecule is O=C(O)CCCCN(CCc1ccccc1OCc1ccc(/C=C/c2ccccc2)cc1)Cc1ccc(C(=O)O)cc1. The number of ether oxygens (including phenoxy) is 1. The van der Waals surface area contributed by atoms with Crippen molar-refractivity contribution in [2.75, 3.05) is 13.1 Å². The first kappa shape index (κ1) is 30.3. The van der Waals surface area contributed by atoms with Gasteiger partial charge in [0.2, 0.25) is 0 Å². The lowest BCUT2D eigenvalue weighted by Crippen LogP contribution is -2.27. The third-order valence-electron chi connectivity index (χ3n) is 7.03. The van der Waals surface area contributed by atoms with Crippen LogP contribution in [0.25, 0.3) is 12.2 Å². The number of nitrogens with zero attached hydrogens (tertiary/aromatic N) is 1. The Morgan fingerprint density at radius 1 is 0.690 bits per heavy atom. The summed E-state index contributed by atoms with van der Waals surface area (Å²) in [7, 11) is 0. The van der Waals surface area contributed by atoms with E-state index in [2.05, 4.69) is 59.5 Å². The van der Waals surface area contributed by atoms with Gasteiger partial charge in [0, 0.05) is 19.5 Å². The van der Waals surface area contributed by atoms with Crippen LogP contribution in [0.15, 0.2) is 103 Å². The summed E-state index contributed by atoms with van der Waals surface area (Å²) in [6.45, 7) is 2.63. The number of carboxylic acid groups (broad SMARTS) is 2. The Bertz CT molecular complexity index is 1450. The van der Waals surface area contributed by atoms with E-state index in [0.29, 0.717) is 19.6 Å². The monoisotopic (exact) mass is 563 g/mol. The largest absolute Gasteiger partial charge is 0.489 e. The molecule has 0 aliphatic heterocycles. The Labute approximate surface area is 247 Å². The van der Waals surface area contributed by atoms with Gasteiger partial charge in [0.05, 0.1) is 5.56 Å². The third kappa shape index (κ3) is 10.1. The maximum atomic E-state index is 11.2. The van der Waals surface area contributed by atoms with E-state index in [1.165, 1.54) is 0 Å². The zero-order valence-electron chi connectivity index (χ0n) is 23.7. The van der Waals surface area contributed by atoms with Crippen LogP contribution in [0.5, 0.6) is 5.75 Å². The Balaban J connectivity index is 1.35. The second kappa shape index (κ2) is 15.9. The first-order chi connectivity index (χ1) is 20.5. The van der Waals surface area contributed by atoms with Crippen LogP contribution in [0.4, 0.5) is 0 Å². The number of rotatable bonds is 16. The zero-order chi connectivity index (χ0) is 29.6. The number of aliphatic carboxylic acids is 1. The molecule has 0 bridgehead atoms. The molecule has 0 aliphatic carbocycles. The van der Waals surface area contributed by atoms with Crippen molar-refractivity contribution in [3.8, 4) is 5.75 Å². The minimum absolute atomic E-state index is 0.155. The molecule has 4 rings (SSSR count). The highest BCUT2D eigenvalue weighted by Gasteiger charge is 2.11. The molecule has 0 aromatic heterocycles. The molecular weight excluding hydrogens is 526 g/mol. The molecule has 0 atom stereocenters. The summed E-state index contributed by atoms with van der Waals surface area (Å²) in [5, 5.41) is 18.2. The Morgan fingerprint density at radius 2 is 1.33 bits per heavy atom. The van der Waals surface area contributed by atoms with Crippen molar-refractivity contribution in [3.63, 3.8) is 0 Å². The highest BCUT2D eigenvalue weighted by atomic mass is 16.5. The summed E-state index contributed by atoms with van der Waals surface area (Å²) < 4.78 is 6.25. The molecule has 0 amide bonds. The summed E-state index contributed by atoms with van der Waals surface area (Å²) >= 11 is 0. The molecule has 216 valence electrons. The molecule has 42 heavy (non-hydrogen) atoms. The number of aromatic carboxylic acids is 1. The van der Waals surface area contributed by atoms with Crippen LogP contribution in [0.1, 0.15) is 57.4 Å². The molecule has 6 nitrogen and oxygen atoms in total. The van der Waals surface area contributed by atoms with Gasteiger partial charge in [-0.2, -0.15) is 0 Å². The maximum Gasteiger partial charge on any atom is 0.335 e. The van der Waals surface area contributed by atoms with Gasteiger partial charge < -0.3 is 14.9 Å². The predicted octanol–water partition coefficient (Wildman–Crippen LogP) is 7.43. The standard InChI is InChI=1S/C36H37NO5/c38-35(39)12-6-7-24-37(26-30-19-21-33(22-20-30)36(40)41)25-23-32-10-4-5-11-34(32)42-27-31-17-15-29(16-18-31)14-13-28-8-2-1-3-9-28/h1-5,8-11,13-22H,6-7,12,23-27H2,(H,38,39)(H,40,41)/b14-13+. The summed E-state index contributed by atoms with van der Waals surface area (Å²) in [5.74, 6) is -0.878. The van der Waals surface area contributed by atoms with Crippen LogP contribution >= 0.6 is 0 Å². The lowest BCUT2D eigenvalue weighted by molar-refractivity contribution is -0.137. The molecule has 0 fully saturated rings. The summed E-state index contributed by atoms with van der Waals surface area (Å²) in [6.07, 6.45) is 6.51. The molecule has 0 unspecified atom stereocenters. The maximum absolute atomic E-state index is 11.2. The molecule has 0 saturated heterocycles. The quantitative estimate of drug-likeness (QED) is 0.109. The highest BCUT2D eigenvalue weighted by Crippen LogP contribution is 2.21. The summed E-state index contributed by atoms with van der Waals surface area (Å²) in [6, 6.07) is 33.6. The first-order valence-electron chi connectivity index (χ1n) is 14.3. The fourth-order valence-electron chi connectivity index (χ4n) is 4.66. The molecule has 0 heterocycles. The van der Waals surface area contributed by atoms with Crippen LogP contribution in [-0.4, -0.2) is 40.1 Å². The second-order valence-electron chi connectivity index (χ2n) is 10.3. The van der Waals surface area contributed by atoms with Gasteiger partial charge in [-0.25, -0.2) is 4.79 Å². The van der Waals surface area contributed by atoms with Crippen molar-refractivity contribution in [1.82, 2.24) is 4.90 Å². The minimum atomic E-state index is -0.945. The number of hydrogen-bond acceptors (Lipinski definition) is 4. The van der Waals surface area contributed by atoms with Crippen molar-refractivity contribution >= 4 is 24.1 Å². The van der Waals surface area contributed by atoms with E-state index in [-0.39, 0.29) is 12.0 Å². The highest BCUT2D eigenvalue weighted by molar-refractivity contribution is 5.87. The summed E-state index contributed by atoms with van der Waals surface area (Å²) in [4.78, 5) is 24.5. The van der Waals surface area contributed by atoms with E-state index in [4.69, 9.17) is 9.84 Å². The van der Waals surface area contributed by atoms with Crippen LogP contribution in [0.2, 0.25) is 0 Å². The average Bonchev–Trinajstić information content (AvgIpc) is 3.01. The van der Waals surface area contributed by atoms with Crippen molar-refractivity contribution in [3.05, 3.63) is 137 Å². The Morgan fingerprint density at radius 3 is 2.02 bits per heavy atom. The van der Waals surface area contributed by atoms with Crippen LogP contribution < -0.4 is 4.74 Å². The fourth-order valence-corrected chi connectivity index (χ4v) is 4.66. The van der Waals surface area contributed by atoms with Gasteiger partial charge in [0.25, 0.3) is 0 Å². The third-order valence-corrected chi connectivity index (χ3v) is 7.03. The van der Waals surface area contributed by atoms with Crippen LogP contribution in [-0.2, 0) is 24.4 Å². The molecule has 0 radical (unpaired) electrons. The average molecular weight is 564 g/mol.